The Balaban J connectivity index is 1.76. The van der Waals surface area contributed by atoms with Gasteiger partial charge in [-0.1, -0.05) is 11.8 Å². The number of rotatable bonds is 2. The summed E-state index contributed by atoms with van der Waals surface area (Å²) < 4.78 is 27.6. The smallest absolute Gasteiger partial charge is 0.218 e. The number of aromatic nitrogens is 2. The number of benzene rings is 2. The van der Waals surface area contributed by atoms with E-state index in [1.165, 1.54) is 12.1 Å². The molecule has 0 amide bonds. The van der Waals surface area contributed by atoms with Crippen LogP contribution in [-0.4, -0.2) is 9.97 Å². The molecule has 0 bridgehead atoms. The van der Waals surface area contributed by atoms with Gasteiger partial charge in [0.1, 0.15) is 11.6 Å². The van der Waals surface area contributed by atoms with Gasteiger partial charge in [-0.05, 0) is 61.4 Å². The van der Waals surface area contributed by atoms with Crippen LogP contribution in [0.15, 0.2) is 59.0 Å². The summed E-state index contributed by atoms with van der Waals surface area (Å²) in [6.45, 7) is 3.51. The molecule has 0 aliphatic rings. The van der Waals surface area contributed by atoms with E-state index in [0.717, 1.165) is 5.56 Å². The first-order chi connectivity index (χ1) is 12.5. The van der Waals surface area contributed by atoms with E-state index < -0.39 is 11.6 Å². The number of halogens is 2. The fourth-order valence-corrected chi connectivity index (χ4v) is 2.11. The average Bonchev–Trinajstić information content (AvgIpc) is 2.61. The highest BCUT2D eigenvalue weighted by molar-refractivity contribution is 5.48. The van der Waals surface area contributed by atoms with Crippen LogP contribution in [0.3, 0.4) is 0 Å². The molecule has 3 rings (SSSR count). The van der Waals surface area contributed by atoms with Gasteiger partial charge in [0.05, 0.1) is 11.3 Å². The van der Waals surface area contributed by atoms with E-state index in [1.807, 2.05) is 6.92 Å². The highest BCUT2D eigenvalue weighted by atomic mass is 19.1. The Morgan fingerprint density at radius 3 is 2.04 bits per heavy atom. The second-order valence-electron chi connectivity index (χ2n) is 5.66. The lowest BCUT2D eigenvalue weighted by Crippen LogP contribution is -1.91. The number of aryl methyl sites for hydroxylation is 2. The van der Waals surface area contributed by atoms with Gasteiger partial charge in [-0.3, -0.25) is 0 Å². The third kappa shape index (κ3) is 4.33. The summed E-state index contributed by atoms with van der Waals surface area (Å²) in [7, 11) is 0. The van der Waals surface area contributed by atoms with E-state index in [4.69, 9.17) is 0 Å². The third-order valence-electron chi connectivity index (χ3n) is 3.41. The van der Waals surface area contributed by atoms with Gasteiger partial charge in [0.25, 0.3) is 5.95 Å². The minimum absolute atomic E-state index is 0.240. The van der Waals surface area contributed by atoms with Crippen LogP contribution in [0.1, 0.15) is 22.3 Å². The van der Waals surface area contributed by atoms with Gasteiger partial charge in [0, 0.05) is 18.0 Å². The molecular formula is C20H14F2N4. The highest BCUT2D eigenvalue weighted by Gasteiger charge is 2.07. The summed E-state index contributed by atoms with van der Waals surface area (Å²) >= 11 is 0. The molecule has 0 saturated heterocycles. The van der Waals surface area contributed by atoms with Crippen molar-refractivity contribution in [1.29, 1.82) is 0 Å². The van der Waals surface area contributed by atoms with Crippen molar-refractivity contribution in [3.8, 4) is 11.8 Å². The van der Waals surface area contributed by atoms with E-state index in [2.05, 4.69) is 32.0 Å². The number of hydrogen-bond donors (Lipinski definition) is 0. The molecule has 2 aromatic carbocycles. The van der Waals surface area contributed by atoms with Crippen molar-refractivity contribution in [3.05, 3.63) is 82.7 Å². The summed E-state index contributed by atoms with van der Waals surface area (Å²) in [4.78, 5) is 8.06. The molecule has 0 unspecified atom stereocenters. The van der Waals surface area contributed by atoms with E-state index in [1.54, 1.807) is 43.6 Å². The van der Waals surface area contributed by atoms with Crippen LogP contribution in [0.5, 0.6) is 0 Å². The summed E-state index contributed by atoms with van der Waals surface area (Å²) in [6.07, 6.45) is 3.31. The standard InChI is InChI=1S/C20H14F2N4/c1-13-9-18(21)17(19(22)10-13)8-5-15-3-6-16(7-4-15)25-26-20-23-11-14(2)12-24-20/h3-4,6-7,9-12H,1-2H3. The van der Waals surface area contributed by atoms with Crippen molar-refractivity contribution < 1.29 is 8.78 Å². The first-order valence-electron chi connectivity index (χ1n) is 7.79. The van der Waals surface area contributed by atoms with Gasteiger partial charge in [-0.2, -0.15) is 0 Å². The van der Waals surface area contributed by atoms with Gasteiger partial charge in [-0.25, -0.2) is 18.7 Å². The zero-order chi connectivity index (χ0) is 18.5. The lowest BCUT2D eigenvalue weighted by molar-refractivity contribution is 0.575. The first-order valence-corrected chi connectivity index (χ1v) is 7.79. The molecule has 6 heteroatoms. The van der Waals surface area contributed by atoms with Crippen molar-refractivity contribution in [2.24, 2.45) is 10.2 Å². The molecule has 0 N–H and O–H groups in total. The SMILES string of the molecule is Cc1cnc(N=Nc2ccc(C#Cc3c(F)cc(C)cc3F)cc2)nc1. The molecule has 0 aliphatic heterocycles. The largest absolute Gasteiger partial charge is 0.268 e. The second-order valence-corrected chi connectivity index (χ2v) is 5.66. The quantitative estimate of drug-likeness (QED) is 0.473. The Hall–Kier alpha value is -3.46. The molecule has 4 nitrogen and oxygen atoms in total. The van der Waals surface area contributed by atoms with Crippen LogP contribution in [0, 0.1) is 37.3 Å². The van der Waals surface area contributed by atoms with Crippen molar-refractivity contribution in [2.45, 2.75) is 13.8 Å². The van der Waals surface area contributed by atoms with Crippen LogP contribution < -0.4 is 0 Å². The molecule has 1 heterocycles. The van der Waals surface area contributed by atoms with E-state index in [9.17, 15) is 8.78 Å². The summed E-state index contributed by atoms with van der Waals surface area (Å²) in [6, 6.07) is 9.29. The average molecular weight is 348 g/mol. The molecule has 0 saturated carbocycles. The van der Waals surface area contributed by atoms with Gasteiger partial charge in [0.15, 0.2) is 0 Å². The molecule has 0 aliphatic carbocycles. The summed E-state index contributed by atoms with van der Waals surface area (Å²) in [5, 5.41) is 7.98. The van der Waals surface area contributed by atoms with E-state index in [0.29, 0.717) is 16.8 Å². The molecule has 0 fully saturated rings. The maximum Gasteiger partial charge on any atom is 0.268 e. The fraction of sp³-hybridized carbons (Fsp3) is 0.100. The number of nitrogens with zero attached hydrogens (tertiary/aromatic N) is 4. The van der Waals surface area contributed by atoms with Crippen molar-refractivity contribution >= 4 is 11.6 Å². The zero-order valence-electron chi connectivity index (χ0n) is 14.2. The Labute approximate surface area is 149 Å². The van der Waals surface area contributed by atoms with Crippen molar-refractivity contribution in [3.63, 3.8) is 0 Å². The molecule has 0 radical (unpaired) electrons. The zero-order valence-corrected chi connectivity index (χ0v) is 14.2. The predicted molar refractivity (Wildman–Crippen MR) is 94.5 cm³/mol. The van der Waals surface area contributed by atoms with E-state index >= 15 is 0 Å². The lowest BCUT2D eigenvalue weighted by atomic mass is 10.1. The minimum Gasteiger partial charge on any atom is -0.218 e. The second kappa shape index (κ2) is 7.62. The Bertz CT molecular complexity index is 991. The molecular weight excluding hydrogens is 334 g/mol. The van der Waals surface area contributed by atoms with Crippen LogP contribution in [0.2, 0.25) is 0 Å². The van der Waals surface area contributed by atoms with E-state index in [-0.39, 0.29) is 11.5 Å². The van der Waals surface area contributed by atoms with Gasteiger partial charge in [-0.15, -0.1) is 10.2 Å². The summed E-state index contributed by atoms with van der Waals surface area (Å²) in [5.74, 6) is 4.21. The Morgan fingerprint density at radius 1 is 0.808 bits per heavy atom. The normalized spacial score (nSPS) is 10.6. The van der Waals surface area contributed by atoms with Crippen LogP contribution in [0.25, 0.3) is 0 Å². The van der Waals surface area contributed by atoms with Gasteiger partial charge >= 0.3 is 0 Å². The van der Waals surface area contributed by atoms with Crippen molar-refractivity contribution in [1.82, 2.24) is 9.97 Å². The Morgan fingerprint density at radius 2 is 1.42 bits per heavy atom. The third-order valence-corrected chi connectivity index (χ3v) is 3.41. The molecule has 0 spiro atoms. The molecule has 128 valence electrons. The van der Waals surface area contributed by atoms with Crippen LogP contribution >= 0.6 is 0 Å². The maximum atomic E-state index is 13.8. The van der Waals surface area contributed by atoms with Gasteiger partial charge in [0.2, 0.25) is 0 Å². The fourth-order valence-electron chi connectivity index (χ4n) is 2.11. The van der Waals surface area contributed by atoms with Crippen LogP contribution in [0.4, 0.5) is 20.4 Å². The van der Waals surface area contributed by atoms with Crippen LogP contribution in [-0.2, 0) is 0 Å². The lowest BCUT2D eigenvalue weighted by Gasteiger charge is -1.99. The number of hydrogen-bond acceptors (Lipinski definition) is 4. The Kier molecular flexibility index (Phi) is 5.09. The molecule has 3 aromatic rings. The monoisotopic (exact) mass is 348 g/mol. The summed E-state index contributed by atoms with van der Waals surface area (Å²) in [5.41, 5.74) is 2.41. The topological polar surface area (TPSA) is 50.5 Å². The maximum absolute atomic E-state index is 13.8. The molecule has 1 aromatic heterocycles. The van der Waals surface area contributed by atoms with Gasteiger partial charge < -0.3 is 0 Å². The number of azo groups is 1. The van der Waals surface area contributed by atoms with Crippen molar-refractivity contribution in [2.75, 3.05) is 0 Å². The highest BCUT2D eigenvalue weighted by Crippen LogP contribution is 2.17. The molecule has 26 heavy (non-hydrogen) atoms. The molecule has 0 atom stereocenters. The first kappa shape index (κ1) is 17.4. The minimum atomic E-state index is -0.668. The predicted octanol–water partition coefficient (Wildman–Crippen LogP) is 5.19.